The van der Waals surface area contributed by atoms with Gasteiger partial charge in [-0.05, 0) is 28.7 Å². The van der Waals surface area contributed by atoms with Crippen molar-refractivity contribution in [2.45, 2.75) is 0 Å². The molecule has 0 unspecified atom stereocenters. The van der Waals surface area contributed by atoms with E-state index in [0.717, 1.165) is 0 Å². The van der Waals surface area contributed by atoms with Crippen LogP contribution in [0.15, 0.2) is 12.1 Å². The number of nitrogen functional groups attached to an aromatic ring is 1. The van der Waals surface area contributed by atoms with Gasteiger partial charge in [0, 0.05) is 12.6 Å². The summed E-state index contributed by atoms with van der Waals surface area (Å²) < 4.78 is 18.8. The average molecular weight is 340 g/mol. The minimum absolute atomic E-state index is 0.000297. The second kappa shape index (κ2) is 6.87. The Hall–Kier alpha value is -0.600. The Morgan fingerprint density at radius 2 is 2.19 bits per heavy atom. The Morgan fingerprint density at radius 1 is 1.44 bits per heavy atom. The number of hydrogen-bond acceptors (Lipinski definition) is 4. The SMILES string of the molecule is Nc1cc(I)c(F)cc1NCCOCCO. The highest BCUT2D eigenvalue weighted by atomic mass is 127. The molecule has 0 aliphatic rings. The van der Waals surface area contributed by atoms with E-state index in [4.69, 9.17) is 15.6 Å². The van der Waals surface area contributed by atoms with Crippen LogP contribution >= 0.6 is 22.6 Å². The number of anilines is 2. The number of hydrogen-bond donors (Lipinski definition) is 3. The van der Waals surface area contributed by atoms with E-state index >= 15 is 0 Å². The molecule has 0 fully saturated rings. The molecule has 0 aliphatic carbocycles. The van der Waals surface area contributed by atoms with Crippen molar-refractivity contribution in [2.75, 3.05) is 37.4 Å². The first kappa shape index (κ1) is 13.5. The molecule has 90 valence electrons. The molecule has 1 aromatic rings. The standard InChI is InChI=1S/C10H14FIN2O2/c11-7-5-10(9(13)6-8(7)12)14-1-3-16-4-2-15/h5-6,14-15H,1-4,13H2. The number of aliphatic hydroxyl groups is 1. The highest BCUT2D eigenvalue weighted by Crippen LogP contribution is 2.23. The fourth-order valence-corrected chi connectivity index (χ4v) is 1.63. The molecule has 16 heavy (non-hydrogen) atoms. The first-order valence-corrected chi connectivity index (χ1v) is 5.90. The zero-order chi connectivity index (χ0) is 12.0. The zero-order valence-electron chi connectivity index (χ0n) is 8.67. The quantitative estimate of drug-likeness (QED) is 0.416. The molecule has 4 N–H and O–H groups in total. The van der Waals surface area contributed by atoms with Crippen molar-refractivity contribution in [2.24, 2.45) is 0 Å². The van der Waals surface area contributed by atoms with Gasteiger partial charge in [-0.1, -0.05) is 0 Å². The van der Waals surface area contributed by atoms with Gasteiger partial charge in [-0.15, -0.1) is 0 Å². The summed E-state index contributed by atoms with van der Waals surface area (Å²) in [5.74, 6) is -0.298. The number of ether oxygens (including phenoxy) is 1. The maximum atomic E-state index is 13.2. The number of halogens is 2. The molecule has 0 spiro atoms. The van der Waals surface area contributed by atoms with Crippen LogP contribution in [0.3, 0.4) is 0 Å². The van der Waals surface area contributed by atoms with Crippen molar-refractivity contribution in [3.8, 4) is 0 Å². The van der Waals surface area contributed by atoms with Gasteiger partial charge >= 0.3 is 0 Å². The summed E-state index contributed by atoms with van der Waals surface area (Å²) in [6, 6.07) is 2.94. The van der Waals surface area contributed by atoms with Gasteiger partial charge in [0.1, 0.15) is 5.82 Å². The van der Waals surface area contributed by atoms with Crippen molar-refractivity contribution in [1.82, 2.24) is 0 Å². The van der Waals surface area contributed by atoms with E-state index < -0.39 is 0 Å². The number of rotatable bonds is 6. The molecule has 0 amide bonds. The van der Waals surface area contributed by atoms with E-state index in [9.17, 15) is 4.39 Å². The Balaban J connectivity index is 2.45. The first-order valence-electron chi connectivity index (χ1n) is 4.82. The fourth-order valence-electron chi connectivity index (χ4n) is 1.14. The molecule has 0 radical (unpaired) electrons. The molecule has 0 saturated heterocycles. The van der Waals surface area contributed by atoms with E-state index in [1.54, 1.807) is 6.07 Å². The predicted molar refractivity (Wildman–Crippen MR) is 69.9 cm³/mol. The molecule has 1 rings (SSSR count). The maximum absolute atomic E-state index is 13.2. The summed E-state index contributed by atoms with van der Waals surface area (Å²) in [5.41, 5.74) is 6.78. The third-order valence-corrected chi connectivity index (χ3v) is 2.72. The molecule has 0 atom stereocenters. The summed E-state index contributed by atoms with van der Waals surface area (Å²) in [7, 11) is 0. The molecule has 0 heterocycles. The van der Waals surface area contributed by atoms with Crippen LogP contribution in [0.1, 0.15) is 0 Å². The lowest BCUT2D eigenvalue weighted by Gasteiger charge is -2.10. The average Bonchev–Trinajstić information content (AvgIpc) is 2.25. The lowest BCUT2D eigenvalue weighted by molar-refractivity contribution is 0.0992. The van der Waals surface area contributed by atoms with Gasteiger partial charge in [-0.25, -0.2) is 4.39 Å². The van der Waals surface area contributed by atoms with E-state index in [2.05, 4.69) is 5.32 Å². The van der Waals surface area contributed by atoms with Gasteiger partial charge in [0.25, 0.3) is 0 Å². The van der Waals surface area contributed by atoms with Gasteiger partial charge in [-0.3, -0.25) is 0 Å². The maximum Gasteiger partial charge on any atom is 0.138 e. The van der Waals surface area contributed by atoms with Crippen molar-refractivity contribution in [3.63, 3.8) is 0 Å². The summed E-state index contributed by atoms with van der Waals surface area (Å²) in [6.45, 7) is 1.26. The van der Waals surface area contributed by atoms with Crippen LogP contribution in [0.5, 0.6) is 0 Å². The molecule has 0 aliphatic heterocycles. The van der Waals surface area contributed by atoms with Crippen molar-refractivity contribution >= 4 is 34.0 Å². The molecule has 6 heteroatoms. The van der Waals surface area contributed by atoms with Gasteiger partial charge < -0.3 is 20.9 Å². The normalized spacial score (nSPS) is 10.4. The number of nitrogens with two attached hydrogens (primary N) is 1. The van der Waals surface area contributed by atoms with Crippen molar-refractivity contribution in [3.05, 3.63) is 21.5 Å². The van der Waals surface area contributed by atoms with Crippen LogP contribution in [-0.2, 0) is 4.74 Å². The first-order chi connectivity index (χ1) is 7.65. The van der Waals surface area contributed by atoms with E-state index in [-0.39, 0.29) is 12.4 Å². The number of benzene rings is 1. The van der Waals surface area contributed by atoms with Crippen molar-refractivity contribution in [1.29, 1.82) is 0 Å². The van der Waals surface area contributed by atoms with Crippen LogP contribution in [0, 0.1) is 9.39 Å². The van der Waals surface area contributed by atoms with Crippen LogP contribution in [0.25, 0.3) is 0 Å². The Labute approximate surface area is 107 Å². The minimum Gasteiger partial charge on any atom is -0.397 e. The molecule has 0 saturated carbocycles. The second-order valence-electron chi connectivity index (χ2n) is 3.12. The molecule has 1 aromatic carbocycles. The lowest BCUT2D eigenvalue weighted by atomic mass is 10.2. The number of aliphatic hydroxyl groups excluding tert-OH is 1. The molecule has 0 bridgehead atoms. The largest absolute Gasteiger partial charge is 0.397 e. The Bertz CT molecular complexity index is 350. The topological polar surface area (TPSA) is 67.5 Å². The van der Waals surface area contributed by atoms with E-state index in [1.807, 2.05) is 22.6 Å². The third kappa shape index (κ3) is 4.11. The molecular weight excluding hydrogens is 326 g/mol. The van der Waals surface area contributed by atoms with Crippen LogP contribution in [0.2, 0.25) is 0 Å². The summed E-state index contributed by atoms with van der Waals surface area (Å²) >= 11 is 1.89. The van der Waals surface area contributed by atoms with Gasteiger partial charge in [0.05, 0.1) is 34.8 Å². The number of nitrogens with one attached hydrogen (secondary N) is 1. The monoisotopic (exact) mass is 340 g/mol. The third-order valence-electron chi connectivity index (χ3n) is 1.89. The van der Waals surface area contributed by atoms with Gasteiger partial charge in [-0.2, -0.15) is 0 Å². The fraction of sp³-hybridized carbons (Fsp3) is 0.400. The van der Waals surface area contributed by atoms with Crippen LogP contribution in [-0.4, -0.2) is 31.5 Å². The smallest absolute Gasteiger partial charge is 0.138 e. The predicted octanol–water partition coefficient (Wildman–Crippen LogP) is 1.43. The highest BCUT2D eigenvalue weighted by molar-refractivity contribution is 14.1. The highest BCUT2D eigenvalue weighted by Gasteiger charge is 2.05. The van der Waals surface area contributed by atoms with Gasteiger partial charge in [0.2, 0.25) is 0 Å². The summed E-state index contributed by atoms with van der Waals surface area (Å²) in [6.07, 6.45) is 0. The zero-order valence-corrected chi connectivity index (χ0v) is 10.8. The second-order valence-corrected chi connectivity index (χ2v) is 4.28. The molecule has 0 aromatic heterocycles. The Kier molecular flexibility index (Phi) is 5.78. The Morgan fingerprint density at radius 3 is 2.88 bits per heavy atom. The minimum atomic E-state index is -0.298. The van der Waals surface area contributed by atoms with Crippen molar-refractivity contribution < 1.29 is 14.2 Å². The molecule has 4 nitrogen and oxygen atoms in total. The van der Waals surface area contributed by atoms with Crippen LogP contribution < -0.4 is 11.1 Å². The summed E-state index contributed by atoms with van der Waals surface area (Å²) in [4.78, 5) is 0. The van der Waals surface area contributed by atoms with E-state index in [0.29, 0.717) is 34.7 Å². The van der Waals surface area contributed by atoms with Crippen LogP contribution in [0.4, 0.5) is 15.8 Å². The van der Waals surface area contributed by atoms with E-state index in [1.165, 1.54) is 6.07 Å². The van der Waals surface area contributed by atoms with Gasteiger partial charge in [0.15, 0.2) is 0 Å². The lowest BCUT2D eigenvalue weighted by Crippen LogP contribution is -2.12. The summed E-state index contributed by atoms with van der Waals surface area (Å²) in [5, 5.41) is 11.4. The molecular formula is C10H14FIN2O2.